The number of para-hydroxylation sites is 2. The molecule has 0 spiro atoms. The second-order valence-corrected chi connectivity index (χ2v) is 5.47. The lowest BCUT2D eigenvalue weighted by Crippen LogP contribution is -2.50. The molecule has 2 amide bonds. The van der Waals surface area contributed by atoms with Gasteiger partial charge in [0.15, 0.2) is 6.10 Å². The zero-order valence-electron chi connectivity index (χ0n) is 13.1. The van der Waals surface area contributed by atoms with Crippen molar-refractivity contribution in [2.45, 2.75) is 13.0 Å². The van der Waals surface area contributed by atoms with Gasteiger partial charge in [-0.25, -0.2) is 0 Å². The first-order valence-electron chi connectivity index (χ1n) is 7.46. The predicted molar refractivity (Wildman–Crippen MR) is 87.8 cm³/mol. The molecule has 1 aliphatic heterocycles. The van der Waals surface area contributed by atoms with E-state index in [1.165, 1.54) is 0 Å². The lowest BCUT2D eigenvalue weighted by molar-refractivity contribution is -0.127. The highest BCUT2D eigenvalue weighted by atomic mass is 16.5. The Bertz CT molecular complexity index is 740. The van der Waals surface area contributed by atoms with Gasteiger partial charge < -0.3 is 15.0 Å². The molecule has 1 atom stereocenters. The van der Waals surface area contributed by atoms with E-state index in [0.29, 0.717) is 17.0 Å². The number of rotatable bonds is 2. The van der Waals surface area contributed by atoms with Crippen LogP contribution in [0.4, 0.5) is 5.69 Å². The molecule has 118 valence electrons. The van der Waals surface area contributed by atoms with Gasteiger partial charge in [-0.2, -0.15) is 0 Å². The van der Waals surface area contributed by atoms with Gasteiger partial charge in [-0.15, -0.1) is 0 Å². The molecular formula is C18H18N2O3. The Kier molecular flexibility index (Phi) is 4.02. The SMILES string of the molecule is CNC(=O)[C@@H]1CN(C(=O)c2ccc(C)cc2)c2ccccc2O1. The quantitative estimate of drug-likeness (QED) is 0.924. The Morgan fingerprint density at radius 1 is 1.13 bits per heavy atom. The molecule has 1 heterocycles. The van der Waals surface area contributed by atoms with Crippen LogP contribution < -0.4 is 15.0 Å². The van der Waals surface area contributed by atoms with Crippen molar-refractivity contribution in [3.63, 3.8) is 0 Å². The summed E-state index contributed by atoms with van der Waals surface area (Å²) in [6.07, 6.45) is -0.718. The molecule has 0 radical (unpaired) electrons. The van der Waals surface area contributed by atoms with E-state index >= 15 is 0 Å². The Morgan fingerprint density at radius 3 is 2.52 bits per heavy atom. The minimum Gasteiger partial charge on any atom is -0.477 e. The van der Waals surface area contributed by atoms with E-state index in [2.05, 4.69) is 5.32 Å². The molecule has 1 aliphatic rings. The third-order valence-electron chi connectivity index (χ3n) is 3.86. The number of ether oxygens (including phenoxy) is 1. The van der Waals surface area contributed by atoms with Gasteiger partial charge in [-0.05, 0) is 31.2 Å². The first-order chi connectivity index (χ1) is 11.1. The molecule has 2 aromatic rings. The number of nitrogens with zero attached hydrogens (tertiary/aromatic N) is 1. The highest BCUT2D eigenvalue weighted by Crippen LogP contribution is 2.34. The number of likely N-dealkylation sites (N-methyl/N-ethyl adjacent to an activating group) is 1. The molecule has 0 saturated heterocycles. The Morgan fingerprint density at radius 2 is 1.83 bits per heavy atom. The van der Waals surface area contributed by atoms with Crippen LogP contribution in [0.2, 0.25) is 0 Å². The van der Waals surface area contributed by atoms with Crippen molar-refractivity contribution in [1.29, 1.82) is 0 Å². The largest absolute Gasteiger partial charge is 0.477 e. The van der Waals surface area contributed by atoms with Crippen molar-refractivity contribution in [3.05, 3.63) is 59.7 Å². The van der Waals surface area contributed by atoms with Gasteiger partial charge >= 0.3 is 0 Å². The van der Waals surface area contributed by atoms with Crippen molar-refractivity contribution in [3.8, 4) is 5.75 Å². The van der Waals surface area contributed by atoms with Crippen LogP contribution in [0.1, 0.15) is 15.9 Å². The summed E-state index contributed by atoms with van der Waals surface area (Å²) in [6, 6.07) is 14.6. The molecule has 0 fully saturated rings. The average molecular weight is 310 g/mol. The first-order valence-corrected chi connectivity index (χ1v) is 7.46. The van der Waals surface area contributed by atoms with E-state index in [1.54, 1.807) is 30.1 Å². The van der Waals surface area contributed by atoms with Crippen LogP contribution in [0.15, 0.2) is 48.5 Å². The normalized spacial score (nSPS) is 16.3. The van der Waals surface area contributed by atoms with E-state index < -0.39 is 6.10 Å². The average Bonchev–Trinajstić information content (AvgIpc) is 2.60. The number of nitrogens with one attached hydrogen (secondary N) is 1. The number of carbonyl (C=O) groups is 2. The molecule has 0 bridgehead atoms. The van der Waals surface area contributed by atoms with E-state index in [0.717, 1.165) is 5.56 Å². The number of hydrogen-bond donors (Lipinski definition) is 1. The fourth-order valence-electron chi connectivity index (χ4n) is 2.58. The highest BCUT2D eigenvalue weighted by Gasteiger charge is 2.33. The zero-order valence-corrected chi connectivity index (χ0v) is 13.1. The fraction of sp³-hybridized carbons (Fsp3) is 0.222. The zero-order chi connectivity index (χ0) is 16.4. The summed E-state index contributed by atoms with van der Waals surface area (Å²) >= 11 is 0. The maximum Gasteiger partial charge on any atom is 0.262 e. The molecule has 2 aromatic carbocycles. The van der Waals surface area contributed by atoms with Crippen LogP contribution in [0.3, 0.4) is 0 Å². The standard InChI is InChI=1S/C18H18N2O3/c1-12-7-9-13(10-8-12)18(22)20-11-16(17(21)19-2)23-15-6-4-3-5-14(15)20/h3-10,16H,11H2,1-2H3,(H,19,21)/t16-/m0/s1. The molecule has 0 unspecified atom stereocenters. The van der Waals surface area contributed by atoms with Crippen molar-refractivity contribution >= 4 is 17.5 Å². The number of aryl methyl sites for hydroxylation is 1. The van der Waals surface area contributed by atoms with Gasteiger partial charge in [0.05, 0.1) is 12.2 Å². The van der Waals surface area contributed by atoms with E-state index in [-0.39, 0.29) is 18.4 Å². The summed E-state index contributed by atoms with van der Waals surface area (Å²) in [6.45, 7) is 2.16. The Labute approximate surface area is 134 Å². The lowest BCUT2D eigenvalue weighted by atomic mass is 10.1. The number of anilines is 1. The number of hydrogen-bond acceptors (Lipinski definition) is 3. The number of amides is 2. The van der Waals surface area contributed by atoms with E-state index in [4.69, 9.17) is 4.74 Å². The maximum absolute atomic E-state index is 12.9. The molecule has 0 aliphatic carbocycles. The molecule has 3 rings (SSSR count). The minimum atomic E-state index is -0.718. The van der Waals surface area contributed by atoms with Gasteiger partial charge in [0.2, 0.25) is 0 Å². The van der Waals surface area contributed by atoms with Crippen LogP contribution in [-0.2, 0) is 4.79 Å². The van der Waals surface area contributed by atoms with Crippen LogP contribution in [0.5, 0.6) is 5.75 Å². The smallest absolute Gasteiger partial charge is 0.262 e. The van der Waals surface area contributed by atoms with Crippen molar-refractivity contribution in [1.82, 2.24) is 5.32 Å². The predicted octanol–water partition coefficient (Wildman–Crippen LogP) is 2.15. The molecule has 1 N–H and O–H groups in total. The molecule has 0 saturated carbocycles. The van der Waals surface area contributed by atoms with Crippen LogP contribution in [-0.4, -0.2) is 31.5 Å². The first kappa shape index (κ1) is 15.1. The van der Waals surface area contributed by atoms with Gasteiger partial charge in [0.25, 0.3) is 11.8 Å². The third-order valence-corrected chi connectivity index (χ3v) is 3.86. The Hall–Kier alpha value is -2.82. The van der Waals surface area contributed by atoms with Crippen molar-refractivity contribution < 1.29 is 14.3 Å². The van der Waals surface area contributed by atoms with Crippen LogP contribution in [0.25, 0.3) is 0 Å². The lowest BCUT2D eigenvalue weighted by Gasteiger charge is -2.34. The van der Waals surface area contributed by atoms with Crippen LogP contribution >= 0.6 is 0 Å². The molecule has 5 nitrogen and oxygen atoms in total. The topological polar surface area (TPSA) is 58.6 Å². The van der Waals surface area contributed by atoms with Gasteiger partial charge in [-0.1, -0.05) is 29.8 Å². The number of carbonyl (C=O) groups excluding carboxylic acids is 2. The second-order valence-electron chi connectivity index (χ2n) is 5.47. The summed E-state index contributed by atoms with van der Waals surface area (Å²) in [5, 5.41) is 2.57. The molecular weight excluding hydrogens is 292 g/mol. The van der Waals surface area contributed by atoms with E-state index in [9.17, 15) is 9.59 Å². The number of benzene rings is 2. The second kappa shape index (κ2) is 6.12. The van der Waals surface area contributed by atoms with Gasteiger partial charge in [0.1, 0.15) is 5.75 Å². The molecule has 0 aromatic heterocycles. The van der Waals surface area contributed by atoms with Crippen LogP contribution in [0, 0.1) is 6.92 Å². The van der Waals surface area contributed by atoms with E-state index in [1.807, 2.05) is 37.3 Å². The maximum atomic E-state index is 12.9. The summed E-state index contributed by atoms with van der Waals surface area (Å²) < 4.78 is 5.71. The van der Waals surface area contributed by atoms with Crippen molar-refractivity contribution in [2.75, 3.05) is 18.5 Å². The number of fused-ring (bicyclic) bond motifs is 1. The van der Waals surface area contributed by atoms with Gasteiger partial charge in [-0.3, -0.25) is 9.59 Å². The summed E-state index contributed by atoms with van der Waals surface area (Å²) in [7, 11) is 1.55. The van der Waals surface area contributed by atoms with Crippen molar-refractivity contribution in [2.24, 2.45) is 0 Å². The third kappa shape index (κ3) is 2.90. The summed E-state index contributed by atoms with van der Waals surface area (Å²) in [5.74, 6) is 0.142. The van der Waals surface area contributed by atoms with Gasteiger partial charge in [0, 0.05) is 12.6 Å². The summed E-state index contributed by atoms with van der Waals surface area (Å²) in [5.41, 5.74) is 2.35. The fourth-order valence-corrected chi connectivity index (χ4v) is 2.58. The minimum absolute atomic E-state index is 0.144. The monoisotopic (exact) mass is 310 g/mol. The summed E-state index contributed by atoms with van der Waals surface area (Å²) in [4.78, 5) is 26.4. The molecule has 23 heavy (non-hydrogen) atoms. The highest BCUT2D eigenvalue weighted by molar-refractivity contribution is 6.07. The Balaban J connectivity index is 1.97. The molecule has 5 heteroatoms.